The molecule has 0 bridgehead atoms. The second-order valence-electron chi connectivity index (χ2n) is 5.19. The molecule has 5 heteroatoms. The zero-order chi connectivity index (χ0) is 16.1. The van der Waals surface area contributed by atoms with Gasteiger partial charge in [-0.15, -0.1) is 0 Å². The van der Waals surface area contributed by atoms with Gasteiger partial charge in [-0.25, -0.2) is 9.48 Å². The van der Waals surface area contributed by atoms with E-state index in [-0.39, 0.29) is 12.3 Å². The van der Waals surface area contributed by atoms with Crippen molar-refractivity contribution in [3.63, 3.8) is 0 Å². The Balaban J connectivity index is 1.80. The highest BCUT2D eigenvalue weighted by molar-refractivity contribution is 5.21. The van der Waals surface area contributed by atoms with Gasteiger partial charge in [-0.05, 0) is 24.6 Å². The first-order valence-corrected chi connectivity index (χ1v) is 7.66. The van der Waals surface area contributed by atoms with Crippen LogP contribution in [0.4, 0.5) is 0 Å². The van der Waals surface area contributed by atoms with Crippen LogP contribution in [-0.4, -0.2) is 14.3 Å². The van der Waals surface area contributed by atoms with E-state index in [0.29, 0.717) is 18.9 Å². The van der Waals surface area contributed by atoms with Crippen molar-refractivity contribution < 1.29 is 4.74 Å². The average molecular weight is 309 g/mol. The summed E-state index contributed by atoms with van der Waals surface area (Å²) in [5, 5.41) is 4.43. The van der Waals surface area contributed by atoms with Crippen molar-refractivity contribution in [2.45, 2.75) is 26.6 Å². The molecule has 0 unspecified atom stereocenters. The maximum Gasteiger partial charge on any atom is 0.346 e. The standard InChI is InChI=1S/C18H19N3O2/c1-2-20-17(14-23-16-11-7-4-8-12-16)19-21(18(20)22)13-15-9-5-3-6-10-15/h3-12H,2,13-14H2,1H3. The van der Waals surface area contributed by atoms with E-state index in [0.717, 1.165) is 11.3 Å². The van der Waals surface area contributed by atoms with E-state index in [1.54, 1.807) is 4.57 Å². The summed E-state index contributed by atoms with van der Waals surface area (Å²) in [4.78, 5) is 12.4. The molecular weight excluding hydrogens is 290 g/mol. The summed E-state index contributed by atoms with van der Waals surface area (Å²) in [5.74, 6) is 1.40. The molecule has 0 fully saturated rings. The van der Waals surface area contributed by atoms with Crippen LogP contribution in [0.5, 0.6) is 5.75 Å². The van der Waals surface area contributed by atoms with E-state index >= 15 is 0 Å². The first-order chi connectivity index (χ1) is 11.3. The van der Waals surface area contributed by atoms with E-state index in [1.807, 2.05) is 67.6 Å². The molecule has 0 radical (unpaired) electrons. The van der Waals surface area contributed by atoms with E-state index < -0.39 is 0 Å². The van der Waals surface area contributed by atoms with Crippen LogP contribution < -0.4 is 10.4 Å². The first-order valence-electron chi connectivity index (χ1n) is 7.66. The Kier molecular flexibility index (Phi) is 4.57. The Bertz CT molecular complexity index is 807. The van der Waals surface area contributed by atoms with Gasteiger partial charge in [-0.1, -0.05) is 48.5 Å². The molecule has 0 atom stereocenters. The summed E-state index contributed by atoms with van der Waals surface area (Å²) in [6.45, 7) is 3.24. The Hall–Kier alpha value is -2.82. The van der Waals surface area contributed by atoms with Gasteiger partial charge in [0.2, 0.25) is 0 Å². The number of nitrogens with zero attached hydrogens (tertiary/aromatic N) is 3. The first kappa shape index (κ1) is 15.1. The number of rotatable bonds is 6. The zero-order valence-corrected chi connectivity index (χ0v) is 13.1. The smallest absolute Gasteiger partial charge is 0.346 e. The van der Waals surface area contributed by atoms with Crippen LogP contribution in [0.2, 0.25) is 0 Å². The monoisotopic (exact) mass is 309 g/mol. The van der Waals surface area contributed by atoms with Gasteiger partial charge in [0, 0.05) is 6.54 Å². The molecule has 0 saturated carbocycles. The number of hydrogen-bond acceptors (Lipinski definition) is 3. The lowest BCUT2D eigenvalue weighted by molar-refractivity contribution is 0.288. The van der Waals surface area contributed by atoms with Gasteiger partial charge >= 0.3 is 5.69 Å². The van der Waals surface area contributed by atoms with E-state index in [2.05, 4.69) is 5.10 Å². The summed E-state index contributed by atoms with van der Waals surface area (Å²) >= 11 is 0. The third-order valence-corrected chi connectivity index (χ3v) is 3.60. The molecule has 1 aromatic heterocycles. The van der Waals surface area contributed by atoms with Crippen LogP contribution in [0.25, 0.3) is 0 Å². The van der Waals surface area contributed by atoms with Crippen LogP contribution in [-0.2, 0) is 19.7 Å². The normalized spacial score (nSPS) is 10.7. The molecule has 0 N–H and O–H groups in total. The Morgan fingerprint density at radius 2 is 1.65 bits per heavy atom. The van der Waals surface area contributed by atoms with Crippen LogP contribution in [0.3, 0.4) is 0 Å². The number of aromatic nitrogens is 3. The predicted octanol–water partition coefficient (Wildman–Crippen LogP) is 2.69. The minimum atomic E-state index is -0.108. The minimum absolute atomic E-state index is 0.108. The van der Waals surface area contributed by atoms with Gasteiger partial charge < -0.3 is 4.74 Å². The summed E-state index contributed by atoms with van der Waals surface area (Å²) in [6, 6.07) is 19.4. The van der Waals surface area contributed by atoms with Crippen molar-refractivity contribution in [1.82, 2.24) is 14.3 Å². The second-order valence-corrected chi connectivity index (χ2v) is 5.19. The number of benzene rings is 2. The molecule has 118 valence electrons. The van der Waals surface area contributed by atoms with Crippen molar-refractivity contribution in [1.29, 1.82) is 0 Å². The molecular formula is C18H19N3O2. The van der Waals surface area contributed by atoms with E-state index in [4.69, 9.17) is 4.74 Å². The van der Waals surface area contributed by atoms with Gasteiger partial charge in [0.15, 0.2) is 5.82 Å². The summed E-state index contributed by atoms with van der Waals surface area (Å²) < 4.78 is 8.85. The van der Waals surface area contributed by atoms with Crippen molar-refractivity contribution in [2.24, 2.45) is 0 Å². The van der Waals surface area contributed by atoms with Gasteiger partial charge in [0.25, 0.3) is 0 Å². The molecule has 1 heterocycles. The molecule has 0 aliphatic carbocycles. The Morgan fingerprint density at radius 1 is 1.00 bits per heavy atom. The lowest BCUT2D eigenvalue weighted by Gasteiger charge is -2.05. The van der Waals surface area contributed by atoms with E-state index in [9.17, 15) is 4.79 Å². The van der Waals surface area contributed by atoms with E-state index in [1.165, 1.54) is 4.68 Å². The molecule has 2 aromatic carbocycles. The molecule has 3 rings (SSSR count). The lowest BCUT2D eigenvalue weighted by atomic mass is 10.2. The molecule has 0 aliphatic heterocycles. The van der Waals surface area contributed by atoms with Crippen LogP contribution in [0, 0.1) is 0 Å². The fraction of sp³-hybridized carbons (Fsp3) is 0.222. The molecule has 0 spiro atoms. The predicted molar refractivity (Wildman–Crippen MR) is 88.5 cm³/mol. The molecule has 0 aliphatic rings. The fourth-order valence-corrected chi connectivity index (χ4v) is 2.43. The fourth-order valence-electron chi connectivity index (χ4n) is 2.43. The van der Waals surface area contributed by atoms with Crippen molar-refractivity contribution in [3.8, 4) is 5.75 Å². The molecule has 0 amide bonds. The van der Waals surface area contributed by atoms with Crippen LogP contribution >= 0.6 is 0 Å². The van der Waals surface area contributed by atoms with Gasteiger partial charge in [0.05, 0.1) is 6.54 Å². The second kappa shape index (κ2) is 6.96. The minimum Gasteiger partial charge on any atom is -0.486 e. The van der Waals surface area contributed by atoms with Crippen molar-refractivity contribution in [3.05, 3.63) is 82.5 Å². The number of hydrogen-bond donors (Lipinski definition) is 0. The maximum atomic E-state index is 12.4. The highest BCUT2D eigenvalue weighted by atomic mass is 16.5. The Morgan fingerprint density at radius 3 is 2.30 bits per heavy atom. The summed E-state index contributed by atoms with van der Waals surface area (Å²) in [7, 11) is 0. The highest BCUT2D eigenvalue weighted by Crippen LogP contribution is 2.10. The summed E-state index contributed by atoms with van der Waals surface area (Å²) in [5.41, 5.74) is 0.939. The van der Waals surface area contributed by atoms with Gasteiger partial charge in [0.1, 0.15) is 12.4 Å². The van der Waals surface area contributed by atoms with Crippen molar-refractivity contribution in [2.75, 3.05) is 0 Å². The lowest BCUT2D eigenvalue weighted by Crippen LogP contribution is -2.25. The molecule has 23 heavy (non-hydrogen) atoms. The molecule has 3 aromatic rings. The van der Waals surface area contributed by atoms with Crippen LogP contribution in [0.1, 0.15) is 18.3 Å². The number of para-hydroxylation sites is 1. The molecule has 0 saturated heterocycles. The zero-order valence-electron chi connectivity index (χ0n) is 13.1. The highest BCUT2D eigenvalue weighted by Gasteiger charge is 2.12. The summed E-state index contributed by atoms with van der Waals surface area (Å²) in [6.07, 6.45) is 0. The number of ether oxygens (including phenoxy) is 1. The third-order valence-electron chi connectivity index (χ3n) is 3.60. The Labute approximate surface area is 134 Å². The SMILES string of the molecule is CCn1c(COc2ccccc2)nn(Cc2ccccc2)c1=O. The molecule has 5 nitrogen and oxygen atoms in total. The average Bonchev–Trinajstić information content (AvgIpc) is 2.90. The largest absolute Gasteiger partial charge is 0.486 e. The quantitative estimate of drug-likeness (QED) is 0.703. The topological polar surface area (TPSA) is 49.0 Å². The maximum absolute atomic E-state index is 12.4. The van der Waals surface area contributed by atoms with Crippen molar-refractivity contribution >= 4 is 0 Å². The third kappa shape index (κ3) is 3.51. The van der Waals surface area contributed by atoms with Gasteiger partial charge in [-0.3, -0.25) is 4.57 Å². The van der Waals surface area contributed by atoms with Gasteiger partial charge in [-0.2, -0.15) is 5.10 Å². The van der Waals surface area contributed by atoms with Crippen LogP contribution in [0.15, 0.2) is 65.5 Å².